The van der Waals surface area contributed by atoms with Crippen molar-refractivity contribution in [2.75, 3.05) is 0 Å². The summed E-state index contributed by atoms with van der Waals surface area (Å²) < 4.78 is 3.90. The van der Waals surface area contributed by atoms with Crippen LogP contribution in [0.25, 0.3) is 11.3 Å². The zero-order valence-electron chi connectivity index (χ0n) is 16.0. The number of hydrogen-bond acceptors (Lipinski definition) is 0. The quantitative estimate of drug-likeness (QED) is 0.514. The summed E-state index contributed by atoms with van der Waals surface area (Å²) in [6, 6.07) is 11.9. The molecule has 2 heteroatoms. The van der Waals surface area contributed by atoms with E-state index in [0.29, 0.717) is 0 Å². The first-order valence-electron chi connectivity index (χ1n) is 9.47. The van der Waals surface area contributed by atoms with Crippen LogP contribution >= 0.6 is 0 Å². The molecule has 1 fully saturated rings. The third kappa shape index (κ3) is 3.77. The fourth-order valence-electron chi connectivity index (χ4n) is 4.00. The Hall–Kier alpha value is -1.09. The molecule has 3 rings (SSSR count). The molecule has 0 saturated heterocycles. The van der Waals surface area contributed by atoms with E-state index < -0.39 is 13.3 Å². The standard InChI is InChI=1S/C22H32GeN/c1-17-15-19(18-9-7-6-8-10-18)11-13-21(17)22-14-12-20(16-24(22)5)23(2,3)4/h11-16,18H,6-10H2,1-5H3/q+1. The summed E-state index contributed by atoms with van der Waals surface area (Å²) in [5, 5.41) is 0. The molecule has 1 aromatic carbocycles. The van der Waals surface area contributed by atoms with Gasteiger partial charge in [0.2, 0.25) is 0 Å². The number of nitrogens with zero attached hydrogens (tertiary/aromatic N) is 1. The van der Waals surface area contributed by atoms with Crippen LogP contribution in [-0.2, 0) is 7.05 Å². The number of aryl methyl sites for hydroxylation is 2. The molecule has 0 atom stereocenters. The molecule has 1 aromatic heterocycles. The molecule has 128 valence electrons. The van der Waals surface area contributed by atoms with Crippen molar-refractivity contribution >= 4 is 17.7 Å². The predicted octanol–water partition coefficient (Wildman–Crippen LogP) is 5.08. The average molecular weight is 383 g/mol. The summed E-state index contributed by atoms with van der Waals surface area (Å²) in [7, 11) is 2.20. The van der Waals surface area contributed by atoms with Gasteiger partial charge in [-0.05, 0) is 0 Å². The van der Waals surface area contributed by atoms with Gasteiger partial charge < -0.3 is 0 Å². The van der Waals surface area contributed by atoms with Gasteiger partial charge >= 0.3 is 150 Å². The van der Waals surface area contributed by atoms with Gasteiger partial charge in [0.25, 0.3) is 0 Å². The van der Waals surface area contributed by atoms with Crippen molar-refractivity contribution in [1.29, 1.82) is 0 Å². The van der Waals surface area contributed by atoms with Crippen molar-refractivity contribution in [2.24, 2.45) is 7.05 Å². The van der Waals surface area contributed by atoms with E-state index in [4.69, 9.17) is 0 Å². The summed E-state index contributed by atoms with van der Waals surface area (Å²) in [6.45, 7) is 2.27. The number of benzene rings is 1. The Morgan fingerprint density at radius 3 is 2.25 bits per heavy atom. The van der Waals surface area contributed by atoms with Gasteiger partial charge in [-0.2, -0.15) is 0 Å². The van der Waals surface area contributed by atoms with Crippen LogP contribution in [0.2, 0.25) is 17.3 Å². The number of rotatable bonds is 3. The monoisotopic (exact) mass is 384 g/mol. The van der Waals surface area contributed by atoms with Crippen LogP contribution in [0.3, 0.4) is 0 Å². The van der Waals surface area contributed by atoms with E-state index in [0.717, 1.165) is 5.92 Å². The number of pyridine rings is 1. The van der Waals surface area contributed by atoms with E-state index in [9.17, 15) is 0 Å². The van der Waals surface area contributed by atoms with Gasteiger partial charge in [-0.1, -0.05) is 0 Å². The van der Waals surface area contributed by atoms with Crippen LogP contribution < -0.4 is 8.96 Å². The number of aromatic nitrogens is 1. The van der Waals surface area contributed by atoms with E-state index >= 15 is 0 Å². The Bertz CT molecular complexity index is 721. The Morgan fingerprint density at radius 1 is 0.958 bits per heavy atom. The summed E-state index contributed by atoms with van der Waals surface area (Å²) in [5.74, 6) is 8.16. The van der Waals surface area contributed by atoms with Crippen LogP contribution in [0.4, 0.5) is 0 Å². The maximum atomic E-state index is 2.46. The van der Waals surface area contributed by atoms with E-state index in [1.807, 2.05) is 0 Å². The van der Waals surface area contributed by atoms with Gasteiger partial charge in [0.1, 0.15) is 0 Å². The summed E-state index contributed by atoms with van der Waals surface area (Å²) in [5.41, 5.74) is 5.68. The van der Waals surface area contributed by atoms with Gasteiger partial charge in [0.15, 0.2) is 0 Å². The van der Waals surface area contributed by atoms with Crippen molar-refractivity contribution in [1.82, 2.24) is 0 Å². The molecular weight excluding hydrogens is 351 g/mol. The Labute approximate surface area is 150 Å². The zero-order chi connectivity index (χ0) is 17.3. The van der Waals surface area contributed by atoms with Crippen LogP contribution in [0.5, 0.6) is 0 Å². The normalized spacial score (nSPS) is 16.4. The van der Waals surface area contributed by atoms with Crippen molar-refractivity contribution in [3.63, 3.8) is 0 Å². The SMILES string of the molecule is Cc1cc(C2CCCCC2)ccc1-c1cc[c]([Ge]([CH3])([CH3])[CH3])c[n+]1C. The first kappa shape index (κ1) is 17.7. The van der Waals surface area contributed by atoms with Crippen LogP contribution in [0.1, 0.15) is 49.1 Å². The molecule has 0 aliphatic heterocycles. The molecule has 0 spiro atoms. The van der Waals surface area contributed by atoms with Crippen molar-refractivity contribution < 1.29 is 4.57 Å². The van der Waals surface area contributed by atoms with Gasteiger partial charge in [-0.15, -0.1) is 0 Å². The van der Waals surface area contributed by atoms with Gasteiger partial charge in [0.05, 0.1) is 0 Å². The fraction of sp³-hybridized carbons (Fsp3) is 0.500. The molecule has 1 heterocycles. The average Bonchev–Trinajstić information content (AvgIpc) is 2.55. The third-order valence-electron chi connectivity index (χ3n) is 5.60. The van der Waals surface area contributed by atoms with Crippen LogP contribution in [0.15, 0.2) is 36.5 Å². The van der Waals surface area contributed by atoms with Gasteiger partial charge in [-0.25, -0.2) is 0 Å². The second kappa shape index (κ2) is 7.03. The summed E-state index contributed by atoms with van der Waals surface area (Å²) in [6.07, 6.45) is 9.34. The van der Waals surface area contributed by atoms with E-state index in [-0.39, 0.29) is 0 Å². The molecule has 1 nitrogen and oxygen atoms in total. The number of hydrogen-bond donors (Lipinski definition) is 0. The van der Waals surface area contributed by atoms with Crippen molar-refractivity contribution in [3.8, 4) is 11.3 Å². The molecule has 0 unspecified atom stereocenters. The van der Waals surface area contributed by atoms with E-state index in [2.05, 4.69) is 72.3 Å². The molecule has 0 amide bonds. The van der Waals surface area contributed by atoms with Gasteiger partial charge in [-0.3, -0.25) is 0 Å². The molecule has 0 radical (unpaired) electrons. The summed E-state index contributed by atoms with van der Waals surface area (Å²) in [4.78, 5) is 0. The molecule has 1 aliphatic rings. The first-order chi connectivity index (χ1) is 11.4. The van der Waals surface area contributed by atoms with Gasteiger partial charge in [0, 0.05) is 0 Å². The first-order valence-corrected chi connectivity index (χ1v) is 16.8. The molecule has 0 bridgehead atoms. The second-order valence-electron chi connectivity index (χ2n) is 8.57. The predicted molar refractivity (Wildman–Crippen MR) is 107 cm³/mol. The fourth-order valence-corrected chi connectivity index (χ4v) is 6.44. The Balaban J connectivity index is 1.92. The minimum atomic E-state index is -1.76. The second-order valence-corrected chi connectivity index (χ2v) is 19.2. The van der Waals surface area contributed by atoms with Crippen LogP contribution in [-0.4, -0.2) is 13.3 Å². The van der Waals surface area contributed by atoms with Crippen molar-refractivity contribution in [3.05, 3.63) is 47.7 Å². The van der Waals surface area contributed by atoms with E-state index in [1.165, 1.54) is 48.9 Å². The zero-order valence-corrected chi connectivity index (χ0v) is 18.1. The molecule has 24 heavy (non-hydrogen) atoms. The van der Waals surface area contributed by atoms with E-state index in [1.54, 1.807) is 9.96 Å². The minimum absolute atomic E-state index is 0.789. The Morgan fingerprint density at radius 2 is 1.67 bits per heavy atom. The third-order valence-corrected chi connectivity index (χ3v) is 9.86. The summed E-state index contributed by atoms with van der Waals surface area (Å²) >= 11 is -1.76. The molecular formula is C22H32GeN+. The molecule has 2 aromatic rings. The molecule has 1 saturated carbocycles. The van der Waals surface area contributed by atoms with Crippen LogP contribution in [0, 0.1) is 6.92 Å². The maximum absolute atomic E-state index is 2.46. The Kier molecular flexibility index (Phi) is 5.20. The van der Waals surface area contributed by atoms with Crippen molar-refractivity contribution in [2.45, 2.75) is 62.2 Å². The molecule has 0 N–H and O–H groups in total. The topological polar surface area (TPSA) is 3.88 Å². The molecule has 1 aliphatic carbocycles.